The zero-order chi connectivity index (χ0) is 9.10. The first kappa shape index (κ1) is 9.12. The average Bonchev–Trinajstić information content (AvgIpc) is 2.19. The summed E-state index contributed by atoms with van der Waals surface area (Å²) in [5.74, 6) is 0. The van der Waals surface area contributed by atoms with Crippen molar-refractivity contribution in [1.29, 1.82) is 0 Å². The number of piperazine rings is 1. The Labute approximate surface area is 86.1 Å². The van der Waals surface area contributed by atoms with Gasteiger partial charge in [0, 0.05) is 19.6 Å². The third kappa shape index (κ3) is 2.27. The summed E-state index contributed by atoms with van der Waals surface area (Å²) < 4.78 is 0.900. The minimum atomic E-state index is 0.353. The van der Waals surface area contributed by atoms with Crippen molar-refractivity contribution < 1.29 is 0 Å². The summed E-state index contributed by atoms with van der Waals surface area (Å²) in [7, 11) is 0. The van der Waals surface area contributed by atoms with Crippen LogP contribution in [0.2, 0.25) is 0 Å². The fourth-order valence-corrected chi connectivity index (χ4v) is 1.84. The van der Waals surface area contributed by atoms with Gasteiger partial charge in [0.25, 0.3) is 0 Å². The number of rotatable bonds is 1. The molecule has 0 spiro atoms. The van der Waals surface area contributed by atoms with Gasteiger partial charge in [0.1, 0.15) is 4.60 Å². The molecule has 2 N–H and O–H groups in total. The van der Waals surface area contributed by atoms with Crippen LogP contribution in [0, 0.1) is 0 Å². The molecular formula is C9H12BrN3. The second-order valence-electron chi connectivity index (χ2n) is 3.10. The number of pyridine rings is 1. The van der Waals surface area contributed by atoms with Gasteiger partial charge < -0.3 is 10.6 Å². The Morgan fingerprint density at radius 1 is 1.38 bits per heavy atom. The first-order valence-corrected chi connectivity index (χ1v) is 5.22. The van der Waals surface area contributed by atoms with E-state index in [1.807, 2.05) is 12.1 Å². The zero-order valence-corrected chi connectivity index (χ0v) is 8.84. The Morgan fingerprint density at radius 3 is 3.00 bits per heavy atom. The van der Waals surface area contributed by atoms with E-state index in [-0.39, 0.29) is 0 Å². The molecule has 1 aromatic rings. The van der Waals surface area contributed by atoms with Crippen LogP contribution in [-0.4, -0.2) is 24.6 Å². The highest BCUT2D eigenvalue weighted by atomic mass is 79.9. The minimum absolute atomic E-state index is 0.353. The maximum atomic E-state index is 4.41. The highest BCUT2D eigenvalue weighted by Gasteiger charge is 2.14. The molecule has 0 saturated carbocycles. The molecule has 3 nitrogen and oxygen atoms in total. The van der Waals surface area contributed by atoms with Crippen molar-refractivity contribution in [3.63, 3.8) is 0 Å². The van der Waals surface area contributed by atoms with Crippen molar-refractivity contribution in [3.8, 4) is 0 Å². The van der Waals surface area contributed by atoms with Gasteiger partial charge in [-0.15, -0.1) is 0 Å². The predicted octanol–water partition coefficient (Wildman–Crippen LogP) is 1.08. The number of nitrogens with zero attached hydrogens (tertiary/aromatic N) is 1. The highest BCUT2D eigenvalue weighted by Crippen LogP contribution is 2.14. The maximum absolute atomic E-state index is 4.41. The van der Waals surface area contributed by atoms with E-state index in [1.165, 1.54) is 0 Å². The fraction of sp³-hybridized carbons (Fsp3) is 0.444. The third-order valence-electron chi connectivity index (χ3n) is 2.13. The monoisotopic (exact) mass is 241 g/mol. The molecule has 2 rings (SSSR count). The van der Waals surface area contributed by atoms with Crippen LogP contribution in [0.3, 0.4) is 0 Å². The number of nitrogens with one attached hydrogen (secondary N) is 2. The zero-order valence-electron chi connectivity index (χ0n) is 7.26. The van der Waals surface area contributed by atoms with Crippen LogP contribution in [0.5, 0.6) is 0 Å². The molecule has 1 aliphatic heterocycles. The van der Waals surface area contributed by atoms with Gasteiger partial charge in [-0.3, -0.25) is 0 Å². The maximum Gasteiger partial charge on any atom is 0.106 e. The molecule has 1 atom stereocenters. The first-order chi connectivity index (χ1) is 6.36. The van der Waals surface area contributed by atoms with E-state index < -0.39 is 0 Å². The quantitative estimate of drug-likeness (QED) is 0.723. The third-order valence-corrected chi connectivity index (χ3v) is 2.58. The van der Waals surface area contributed by atoms with Crippen molar-refractivity contribution >= 4 is 15.9 Å². The standard InChI is InChI=1S/C9H12BrN3/c10-9-3-1-2-7(13-9)8-6-11-4-5-12-8/h1-3,8,11-12H,4-6H2. The Kier molecular flexibility index (Phi) is 2.93. The smallest absolute Gasteiger partial charge is 0.106 e. The molecule has 0 amide bonds. The lowest BCUT2D eigenvalue weighted by molar-refractivity contribution is 0.423. The lowest BCUT2D eigenvalue weighted by atomic mass is 10.1. The van der Waals surface area contributed by atoms with Gasteiger partial charge in [-0.2, -0.15) is 0 Å². The number of halogens is 1. The second-order valence-corrected chi connectivity index (χ2v) is 3.91. The molecule has 1 fully saturated rings. The van der Waals surface area contributed by atoms with Crippen LogP contribution in [0.1, 0.15) is 11.7 Å². The number of hydrogen-bond donors (Lipinski definition) is 2. The van der Waals surface area contributed by atoms with Crippen molar-refractivity contribution in [2.75, 3.05) is 19.6 Å². The van der Waals surface area contributed by atoms with Crippen molar-refractivity contribution in [2.24, 2.45) is 0 Å². The molecule has 1 saturated heterocycles. The second kappa shape index (κ2) is 4.17. The Morgan fingerprint density at radius 2 is 2.31 bits per heavy atom. The molecule has 0 bridgehead atoms. The van der Waals surface area contributed by atoms with E-state index in [0.717, 1.165) is 29.9 Å². The van der Waals surface area contributed by atoms with Crippen LogP contribution >= 0.6 is 15.9 Å². The molecule has 70 valence electrons. The average molecular weight is 242 g/mol. The summed E-state index contributed by atoms with van der Waals surface area (Å²) in [4.78, 5) is 4.41. The molecule has 0 aliphatic carbocycles. The Balaban J connectivity index is 2.14. The Hall–Kier alpha value is -0.450. The molecule has 1 aromatic heterocycles. The van der Waals surface area contributed by atoms with E-state index >= 15 is 0 Å². The largest absolute Gasteiger partial charge is 0.314 e. The fourth-order valence-electron chi connectivity index (χ4n) is 1.48. The topological polar surface area (TPSA) is 37.0 Å². The summed E-state index contributed by atoms with van der Waals surface area (Å²) in [5.41, 5.74) is 1.10. The van der Waals surface area contributed by atoms with E-state index in [9.17, 15) is 0 Å². The lowest BCUT2D eigenvalue weighted by Crippen LogP contribution is -2.42. The van der Waals surface area contributed by atoms with Gasteiger partial charge in [-0.05, 0) is 28.1 Å². The van der Waals surface area contributed by atoms with Crippen LogP contribution < -0.4 is 10.6 Å². The molecule has 13 heavy (non-hydrogen) atoms. The van der Waals surface area contributed by atoms with E-state index in [2.05, 4.69) is 37.6 Å². The summed E-state index contributed by atoms with van der Waals surface area (Å²) in [5, 5.41) is 6.75. The summed E-state index contributed by atoms with van der Waals surface area (Å²) in [6.07, 6.45) is 0. The summed E-state index contributed by atoms with van der Waals surface area (Å²) >= 11 is 3.37. The molecule has 0 radical (unpaired) electrons. The van der Waals surface area contributed by atoms with Gasteiger partial charge in [0.2, 0.25) is 0 Å². The molecule has 0 aromatic carbocycles. The number of hydrogen-bond acceptors (Lipinski definition) is 3. The van der Waals surface area contributed by atoms with Gasteiger partial charge in [0.05, 0.1) is 11.7 Å². The normalized spacial score (nSPS) is 23.0. The van der Waals surface area contributed by atoms with E-state index in [4.69, 9.17) is 0 Å². The van der Waals surface area contributed by atoms with Crippen molar-refractivity contribution in [2.45, 2.75) is 6.04 Å². The van der Waals surface area contributed by atoms with Crippen LogP contribution in [-0.2, 0) is 0 Å². The van der Waals surface area contributed by atoms with Gasteiger partial charge in [-0.25, -0.2) is 4.98 Å². The van der Waals surface area contributed by atoms with E-state index in [1.54, 1.807) is 0 Å². The molecule has 2 heterocycles. The van der Waals surface area contributed by atoms with E-state index in [0.29, 0.717) is 6.04 Å². The highest BCUT2D eigenvalue weighted by molar-refractivity contribution is 9.10. The lowest BCUT2D eigenvalue weighted by Gasteiger charge is -2.23. The summed E-state index contributed by atoms with van der Waals surface area (Å²) in [6.45, 7) is 3.02. The van der Waals surface area contributed by atoms with Gasteiger partial charge >= 0.3 is 0 Å². The number of aromatic nitrogens is 1. The molecule has 1 aliphatic rings. The predicted molar refractivity (Wildman–Crippen MR) is 55.6 cm³/mol. The Bertz CT molecular complexity index is 284. The van der Waals surface area contributed by atoms with Crippen molar-refractivity contribution in [1.82, 2.24) is 15.6 Å². The molecular weight excluding hydrogens is 230 g/mol. The van der Waals surface area contributed by atoms with Crippen LogP contribution in [0.15, 0.2) is 22.8 Å². The summed E-state index contributed by atoms with van der Waals surface area (Å²) in [6, 6.07) is 6.36. The van der Waals surface area contributed by atoms with Crippen LogP contribution in [0.25, 0.3) is 0 Å². The molecule has 4 heteroatoms. The SMILES string of the molecule is Brc1cccc(C2CNCCN2)n1. The first-order valence-electron chi connectivity index (χ1n) is 4.43. The van der Waals surface area contributed by atoms with Gasteiger partial charge in [0.15, 0.2) is 0 Å². The van der Waals surface area contributed by atoms with Crippen molar-refractivity contribution in [3.05, 3.63) is 28.5 Å². The van der Waals surface area contributed by atoms with Crippen LogP contribution in [0.4, 0.5) is 0 Å². The van der Waals surface area contributed by atoms with Gasteiger partial charge in [-0.1, -0.05) is 6.07 Å². The molecule has 1 unspecified atom stereocenters. The minimum Gasteiger partial charge on any atom is -0.314 e.